The SMILES string of the molecule is CCOc1ccc(Br)cc1C(Cl)c1ccc(F)c(F)c1. The topological polar surface area (TPSA) is 9.23 Å². The highest BCUT2D eigenvalue weighted by Crippen LogP contribution is 2.37. The van der Waals surface area contributed by atoms with E-state index in [9.17, 15) is 8.78 Å². The maximum atomic E-state index is 13.3. The van der Waals surface area contributed by atoms with Crippen LogP contribution in [0.1, 0.15) is 23.4 Å². The molecule has 2 aromatic carbocycles. The highest BCUT2D eigenvalue weighted by molar-refractivity contribution is 9.10. The van der Waals surface area contributed by atoms with Crippen molar-refractivity contribution in [2.45, 2.75) is 12.3 Å². The van der Waals surface area contributed by atoms with Gasteiger partial charge in [-0.1, -0.05) is 22.0 Å². The number of ether oxygens (including phenoxy) is 1. The van der Waals surface area contributed by atoms with Crippen LogP contribution in [0, 0.1) is 11.6 Å². The molecule has 2 aromatic rings. The van der Waals surface area contributed by atoms with Gasteiger partial charge in [0.1, 0.15) is 5.75 Å². The summed E-state index contributed by atoms with van der Waals surface area (Å²) in [7, 11) is 0. The van der Waals surface area contributed by atoms with Gasteiger partial charge >= 0.3 is 0 Å². The Labute approximate surface area is 129 Å². The lowest BCUT2D eigenvalue weighted by molar-refractivity contribution is 0.337. The van der Waals surface area contributed by atoms with E-state index in [1.807, 2.05) is 19.1 Å². The molecule has 2 rings (SSSR count). The van der Waals surface area contributed by atoms with Crippen molar-refractivity contribution >= 4 is 27.5 Å². The predicted molar refractivity (Wildman–Crippen MR) is 79.4 cm³/mol. The average Bonchev–Trinajstić information content (AvgIpc) is 2.43. The summed E-state index contributed by atoms with van der Waals surface area (Å²) in [6.07, 6.45) is 0. The van der Waals surface area contributed by atoms with Crippen molar-refractivity contribution in [2.24, 2.45) is 0 Å². The number of hydrogen-bond donors (Lipinski definition) is 0. The second-order valence-electron chi connectivity index (χ2n) is 4.15. The van der Waals surface area contributed by atoms with Crippen molar-refractivity contribution in [3.8, 4) is 5.75 Å². The van der Waals surface area contributed by atoms with Crippen LogP contribution >= 0.6 is 27.5 Å². The van der Waals surface area contributed by atoms with Crippen molar-refractivity contribution in [1.29, 1.82) is 0 Å². The Kier molecular flexibility index (Phi) is 5.00. The number of rotatable bonds is 4. The van der Waals surface area contributed by atoms with E-state index in [2.05, 4.69) is 15.9 Å². The molecule has 1 atom stereocenters. The smallest absolute Gasteiger partial charge is 0.159 e. The molecule has 0 saturated carbocycles. The molecule has 5 heteroatoms. The van der Waals surface area contributed by atoms with E-state index in [1.54, 1.807) is 6.07 Å². The first kappa shape index (κ1) is 15.3. The summed E-state index contributed by atoms with van der Waals surface area (Å²) in [5.41, 5.74) is 1.18. The standard InChI is InChI=1S/C15H12BrClF2O/c1-2-20-14-6-4-10(16)8-11(14)15(17)9-3-5-12(18)13(19)7-9/h3-8,15H,2H2,1H3. The molecule has 0 aromatic heterocycles. The van der Waals surface area contributed by atoms with Gasteiger partial charge in [-0.3, -0.25) is 0 Å². The van der Waals surface area contributed by atoms with Crippen molar-refractivity contribution in [3.05, 3.63) is 63.6 Å². The van der Waals surface area contributed by atoms with Gasteiger partial charge in [-0.25, -0.2) is 8.78 Å². The fourth-order valence-corrected chi connectivity index (χ4v) is 2.54. The van der Waals surface area contributed by atoms with Gasteiger partial charge in [0.15, 0.2) is 11.6 Å². The molecule has 20 heavy (non-hydrogen) atoms. The van der Waals surface area contributed by atoms with Crippen molar-refractivity contribution < 1.29 is 13.5 Å². The maximum absolute atomic E-state index is 13.3. The summed E-state index contributed by atoms with van der Waals surface area (Å²) < 4.78 is 32.6. The molecule has 0 fully saturated rings. The van der Waals surface area contributed by atoms with Crippen molar-refractivity contribution in [2.75, 3.05) is 6.61 Å². The minimum absolute atomic E-state index is 0.476. The fourth-order valence-electron chi connectivity index (χ4n) is 1.85. The van der Waals surface area contributed by atoms with E-state index >= 15 is 0 Å². The molecule has 0 aliphatic carbocycles. The number of halogens is 4. The van der Waals surface area contributed by atoms with Crippen LogP contribution in [0.2, 0.25) is 0 Å². The van der Waals surface area contributed by atoms with E-state index in [4.69, 9.17) is 16.3 Å². The van der Waals surface area contributed by atoms with Crippen LogP contribution in [0.15, 0.2) is 40.9 Å². The zero-order valence-corrected chi connectivity index (χ0v) is 13.0. The van der Waals surface area contributed by atoms with Gasteiger partial charge in [-0.15, -0.1) is 11.6 Å². The van der Waals surface area contributed by atoms with Gasteiger partial charge in [0.25, 0.3) is 0 Å². The molecule has 0 spiro atoms. The molecule has 0 amide bonds. The molecule has 1 unspecified atom stereocenters. The zero-order valence-electron chi connectivity index (χ0n) is 10.7. The van der Waals surface area contributed by atoms with Crippen LogP contribution in [0.5, 0.6) is 5.75 Å². The Bertz CT molecular complexity index is 619. The molecule has 0 N–H and O–H groups in total. The predicted octanol–water partition coefficient (Wildman–Crippen LogP) is 5.45. The van der Waals surface area contributed by atoms with Crippen LogP contribution in [-0.4, -0.2) is 6.61 Å². The number of benzene rings is 2. The summed E-state index contributed by atoms with van der Waals surface area (Å²) in [4.78, 5) is 0. The Morgan fingerprint density at radius 2 is 1.90 bits per heavy atom. The Hall–Kier alpha value is -1.13. The summed E-state index contributed by atoms with van der Waals surface area (Å²) >= 11 is 9.74. The second kappa shape index (κ2) is 6.55. The van der Waals surface area contributed by atoms with Gasteiger partial charge in [-0.2, -0.15) is 0 Å². The zero-order chi connectivity index (χ0) is 14.7. The third kappa shape index (κ3) is 3.30. The molecule has 0 bridgehead atoms. The third-order valence-corrected chi connectivity index (χ3v) is 3.76. The van der Waals surface area contributed by atoms with Gasteiger partial charge in [0.2, 0.25) is 0 Å². The second-order valence-corrected chi connectivity index (χ2v) is 5.50. The number of alkyl halides is 1. The summed E-state index contributed by atoms with van der Waals surface area (Å²) in [5.74, 6) is -1.18. The van der Waals surface area contributed by atoms with E-state index < -0.39 is 17.0 Å². The largest absolute Gasteiger partial charge is 0.494 e. The average molecular weight is 362 g/mol. The lowest BCUT2D eigenvalue weighted by atomic mass is 10.0. The molecule has 0 radical (unpaired) electrons. The normalized spacial score (nSPS) is 12.2. The van der Waals surface area contributed by atoms with Crippen LogP contribution in [-0.2, 0) is 0 Å². The fraction of sp³-hybridized carbons (Fsp3) is 0.200. The molecule has 0 heterocycles. The maximum Gasteiger partial charge on any atom is 0.159 e. The van der Waals surface area contributed by atoms with Gasteiger partial charge in [0, 0.05) is 10.0 Å². The lowest BCUT2D eigenvalue weighted by Crippen LogP contribution is -2.01. The molecular weight excluding hydrogens is 350 g/mol. The molecule has 1 nitrogen and oxygen atoms in total. The minimum atomic E-state index is -0.916. The van der Waals surface area contributed by atoms with E-state index in [-0.39, 0.29) is 0 Å². The molecule has 0 saturated heterocycles. The molecular formula is C15H12BrClF2O. The van der Waals surface area contributed by atoms with E-state index in [0.717, 1.165) is 16.6 Å². The lowest BCUT2D eigenvalue weighted by Gasteiger charge is -2.16. The first-order valence-electron chi connectivity index (χ1n) is 6.04. The monoisotopic (exact) mass is 360 g/mol. The Balaban J connectivity index is 2.43. The van der Waals surface area contributed by atoms with Crippen molar-refractivity contribution in [1.82, 2.24) is 0 Å². The molecule has 0 aliphatic rings. The highest BCUT2D eigenvalue weighted by Gasteiger charge is 2.18. The van der Waals surface area contributed by atoms with Gasteiger partial charge in [0.05, 0.1) is 12.0 Å². The van der Waals surface area contributed by atoms with E-state index in [0.29, 0.717) is 23.5 Å². The highest BCUT2D eigenvalue weighted by atomic mass is 79.9. The van der Waals surface area contributed by atoms with Crippen LogP contribution < -0.4 is 4.74 Å². The summed E-state index contributed by atoms with van der Waals surface area (Å²) in [6.45, 7) is 2.36. The summed E-state index contributed by atoms with van der Waals surface area (Å²) in [5, 5.41) is -0.621. The quantitative estimate of drug-likeness (QED) is 0.658. The Morgan fingerprint density at radius 1 is 1.15 bits per heavy atom. The van der Waals surface area contributed by atoms with Crippen LogP contribution in [0.25, 0.3) is 0 Å². The van der Waals surface area contributed by atoms with E-state index in [1.165, 1.54) is 6.07 Å². The third-order valence-electron chi connectivity index (χ3n) is 2.78. The first-order valence-corrected chi connectivity index (χ1v) is 7.27. The first-order chi connectivity index (χ1) is 9.52. The summed E-state index contributed by atoms with van der Waals surface area (Å²) in [6, 6.07) is 9.07. The van der Waals surface area contributed by atoms with Crippen molar-refractivity contribution in [3.63, 3.8) is 0 Å². The number of hydrogen-bond acceptors (Lipinski definition) is 1. The molecule has 106 valence electrons. The van der Waals surface area contributed by atoms with Crippen LogP contribution in [0.3, 0.4) is 0 Å². The van der Waals surface area contributed by atoms with Crippen LogP contribution in [0.4, 0.5) is 8.78 Å². The minimum Gasteiger partial charge on any atom is -0.494 e. The Morgan fingerprint density at radius 3 is 2.55 bits per heavy atom. The molecule has 0 aliphatic heterocycles. The van der Waals surface area contributed by atoms with Gasteiger partial charge < -0.3 is 4.74 Å². The van der Waals surface area contributed by atoms with Gasteiger partial charge in [-0.05, 0) is 42.8 Å².